The number of nitrogens with zero attached hydrogens (tertiary/aromatic N) is 1. The Kier molecular flexibility index (Phi) is 5.74. The lowest BCUT2D eigenvalue weighted by Crippen LogP contribution is -2.34. The van der Waals surface area contributed by atoms with E-state index >= 15 is 0 Å². The molecule has 2 aromatic heterocycles. The molecule has 4 nitrogen and oxygen atoms in total. The molecule has 168 valence electrons. The number of aryl methyl sites for hydroxylation is 2. The van der Waals surface area contributed by atoms with Gasteiger partial charge in [0.05, 0.1) is 0 Å². The Hall–Kier alpha value is -2.88. The van der Waals surface area contributed by atoms with Crippen LogP contribution in [0.4, 0.5) is 5.82 Å². The molecule has 0 atom stereocenters. The van der Waals surface area contributed by atoms with Gasteiger partial charge in [0, 0.05) is 12.1 Å². The molecule has 1 aromatic carbocycles. The van der Waals surface area contributed by atoms with Crippen LogP contribution in [0.5, 0.6) is 0 Å². The second kappa shape index (κ2) is 8.23. The maximum Gasteiger partial charge on any atom is 0.292 e. The summed E-state index contributed by atoms with van der Waals surface area (Å²) in [6.45, 7) is 13.6. The number of carbonyl (C=O) groups excluding carboxylic acids is 1. The van der Waals surface area contributed by atoms with Gasteiger partial charge in [-0.1, -0.05) is 52.8 Å². The topological polar surface area (TPSA) is 55.1 Å². The van der Waals surface area contributed by atoms with Crippen molar-refractivity contribution in [3.63, 3.8) is 0 Å². The zero-order chi connectivity index (χ0) is 23.1. The van der Waals surface area contributed by atoms with Crippen LogP contribution in [0.1, 0.15) is 91.7 Å². The molecule has 1 amide bonds. The summed E-state index contributed by atoms with van der Waals surface area (Å²) >= 11 is 0. The minimum Gasteiger partial charge on any atom is -0.456 e. The number of aromatic nitrogens is 1. The number of furan rings is 1. The lowest BCUT2D eigenvalue weighted by atomic mass is 9.62. The van der Waals surface area contributed by atoms with Gasteiger partial charge in [0.15, 0.2) is 5.76 Å². The van der Waals surface area contributed by atoms with Crippen molar-refractivity contribution in [2.75, 3.05) is 5.32 Å². The van der Waals surface area contributed by atoms with Gasteiger partial charge in [-0.15, -0.1) is 0 Å². The number of hydrogen-bond acceptors (Lipinski definition) is 3. The number of carbonyl (C=O) groups is 1. The summed E-state index contributed by atoms with van der Waals surface area (Å²) in [6, 6.07) is 14.0. The van der Waals surface area contributed by atoms with Crippen molar-refractivity contribution in [2.45, 2.75) is 78.1 Å². The number of fused-ring (bicyclic) bond motifs is 1. The summed E-state index contributed by atoms with van der Waals surface area (Å²) in [4.78, 5) is 17.1. The Labute approximate surface area is 191 Å². The van der Waals surface area contributed by atoms with Gasteiger partial charge in [-0.05, 0) is 83.5 Å². The molecule has 1 aliphatic carbocycles. The van der Waals surface area contributed by atoms with E-state index in [1.54, 1.807) is 12.1 Å². The average molecular weight is 431 g/mol. The zero-order valence-electron chi connectivity index (χ0n) is 20.1. The van der Waals surface area contributed by atoms with Crippen LogP contribution in [0.25, 0.3) is 0 Å². The lowest BCUT2D eigenvalue weighted by Gasteiger charge is -2.42. The van der Waals surface area contributed by atoms with Crippen LogP contribution in [0, 0.1) is 6.92 Å². The summed E-state index contributed by atoms with van der Waals surface area (Å²) in [7, 11) is 0. The zero-order valence-corrected chi connectivity index (χ0v) is 20.1. The first kappa shape index (κ1) is 22.3. The molecule has 1 N–H and O–H groups in total. The normalized spacial score (nSPS) is 16.4. The second-order valence-electron chi connectivity index (χ2n) is 10.4. The van der Waals surface area contributed by atoms with Crippen molar-refractivity contribution in [2.24, 2.45) is 0 Å². The van der Waals surface area contributed by atoms with E-state index in [1.165, 1.54) is 35.1 Å². The van der Waals surface area contributed by atoms with Gasteiger partial charge in [0.2, 0.25) is 0 Å². The predicted octanol–water partition coefficient (Wildman–Crippen LogP) is 6.74. The number of rotatable bonds is 5. The van der Waals surface area contributed by atoms with Crippen molar-refractivity contribution in [3.8, 4) is 0 Å². The molecule has 0 spiro atoms. The Morgan fingerprint density at radius 1 is 1.03 bits per heavy atom. The van der Waals surface area contributed by atoms with E-state index in [0.29, 0.717) is 18.0 Å². The van der Waals surface area contributed by atoms with Crippen LogP contribution in [-0.2, 0) is 23.7 Å². The number of benzene rings is 1. The molecule has 3 aromatic rings. The molecule has 4 rings (SSSR count). The van der Waals surface area contributed by atoms with E-state index in [4.69, 9.17) is 4.42 Å². The molecule has 4 heteroatoms. The van der Waals surface area contributed by atoms with Gasteiger partial charge < -0.3 is 9.73 Å². The molecule has 0 saturated heterocycles. The predicted molar refractivity (Wildman–Crippen MR) is 130 cm³/mol. The fourth-order valence-corrected chi connectivity index (χ4v) is 4.66. The highest BCUT2D eigenvalue weighted by Crippen LogP contribution is 2.46. The van der Waals surface area contributed by atoms with E-state index in [2.05, 4.69) is 57.1 Å². The first-order valence-corrected chi connectivity index (χ1v) is 11.6. The number of anilines is 1. The van der Waals surface area contributed by atoms with Gasteiger partial charge in [-0.2, -0.15) is 0 Å². The quantitative estimate of drug-likeness (QED) is 0.488. The Morgan fingerprint density at radius 2 is 1.72 bits per heavy atom. The SMILES string of the molecule is CCc1cccc(NC(=O)c2ccc(Cc3cc4c(cc3C)C(C)(C)CCC4(C)C)o2)n1. The molecular formula is C28H34N2O2. The molecule has 0 aliphatic heterocycles. The maximum atomic E-state index is 12.6. The molecule has 1 aliphatic rings. The molecule has 0 bridgehead atoms. The van der Waals surface area contributed by atoms with Gasteiger partial charge in [0.25, 0.3) is 5.91 Å². The van der Waals surface area contributed by atoms with E-state index in [0.717, 1.165) is 17.9 Å². The van der Waals surface area contributed by atoms with Crippen molar-refractivity contribution < 1.29 is 9.21 Å². The van der Waals surface area contributed by atoms with Gasteiger partial charge in [-0.3, -0.25) is 4.79 Å². The molecule has 0 saturated carbocycles. The Bertz CT molecular complexity index is 1150. The van der Waals surface area contributed by atoms with Gasteiger partial charge >= 0.3 is 0 Å². The third kappa shape index (κ3) is 4.36. The molecule has 2 heterocycles. The van der Waals surface area contributed by atoms with Crippen LogP contribution in [0.2, 0.25) is 0 Å². The summed E-state index contributed by atoms with van der Waals surface area (Å²) in [5.74, 6) is 1.37. The maximum absolute atomic E-state index is 12.6. The summed E-state index contributed by atoms with van der Waals surface area (Å²) in [5.41, 5.74) is 6.76. The standard InChI is InChI=1S/C28H34N2O2/c1-7-20-9-8-10-25(29-20)30-26(31)24-12-11-21(32-24)16-19-17-23-22(15-18(19)2)27(3,4)13-14-28(23,5)6/h8-12,15,17H,7,13-14,16H2,1-6H3,(H,29,30,31). The largest absolute Gasteiger partial charge is 0.456 e. The summed E-state index contributed by atoms with van der Waals surface area (Å²) in [6.07, 6.45) is 3.89. The highest BCUT2D eigenvalue weighted by molar-refractivity contribution is 6.01. The molecule has 32 heavy (non-hydrogen) atoms. The molecular weight excluding hydrogens is 396 g/mol. The summed E-state index contributed by atoms with van der Waals surface area (Å²) in [5, 5.41) is 2.84. The Morgan fingerprint density at radius 3 is 2.41 bits per heavy atom. The second-order valence-corrected chi connectivity index (χ2v) is 10.4. The highest BCUT2D eigenvalue weighted by atomic mass is 16.3. The third-order valence-electron chi connectivity index (χ3n) is 6.97. The van der Waals surface area contributed by atoms with Crippen molar-refractivity contribution in [1.29, 1.82) is 0 Å². The van der Waals surface area contributed by atoms with E-state index in [1.807, 2.05) is 25.1 Å². The van der Waals surface area contributed by atoms with E-state index < -0.39 is 0 Å². The average Bonchev–Trinajstić information content (AvgIpc) is 3.21. The lowest BCUT2D eigenvalue weighted by molar-refractivity contribution is 0.0994. The fraction of sp³-hybridized carbons (Fsp3) is 0.429. The molecule has 0 unspecified atom stereocenters. The fourth-order valence-electron chi connectivity index (χ4n) is 4.66. The van der Waals surface area contributed by atoms with Crippen molar-refractivity contribution in [1.82, 2.24) is 4.98 Å². The number of pyridine rings is 1. The monoisotopic (exact) mass is 430 g/mol. The minimum atomic E-state index is -0.276. The third-order valence-corrected chi connectivity index (χ3v) is 6.97. The van der Waals surface area contributed by atoms with Crippen LogP contribution < -0.4 is 5.32 Å². The molecule has 0 radical (unpaired) electrons. The highest BCUT2D eigenvalue weighted by Gasteiger charge is 2.37. The molecule has 0 fully saturated rings. The van der Waals surface area contributed by atoms with Crippen molar-refractivity contribution in [3.05, 3.63) is 81.9 Å². The first-order chi connectivity index (χ1) is 15.1. The first-order valence-electron chi connectivity index (χ1n) is 11.6. The van der Waals surface area contributed by atoms with Gasteiger partial charge in [-0.25, -0.2) is 4.98 Å². The number of nitrogens with one attached hydrogen (secondary N) is 1. The Balaban J connectivity index is 1.55. The van der Waals surface area contributed by atoms with E-state index in [9.17, 15) is 4.79 Å². The van der Waals surface area contributed by atoms with Gasteiger partial charge in [0.1, 0.15) is 11.6 Å². The summed E-state index contributed by atoms with van der Waals surface area (Å²) < 4.78 is 5.93. The smallest absolute Gasteiger partial charge is 0.292 e. The minimum absolute atomic E-state index is 0.168. The van der Waals surface area contributed by atoms with Crippen molar-refractivity contribution >= 4 is 11.7 Å². The van der Waals surface area contributed by atoms with E-state index in [-0.39, 0.29) is 16.7 Å². The van der Waals surface area contributed by atoms with Crippen LogP contribution in [-0.4, -0.2) is 10.9 Å². The number of amides is 1. The number of hydrogen-bond donors (Lipinski definition) is 1. The van der Waals surface area contributed by atoms with Crippen LogP contribution >= 0.6 is 0 Å². The van der Waals surface area contributed by atoms with Crippen LogP contribution in [0.15, 0.2) is 46.9 Å². The van der Waals surface area contributed by atoms with Crippen LogP contribution in [0.3, 0.4) is 0 Å².